The molecule has 118 valence electrons. The zero-order valence-electron chi connectivity index (χ0n) is 13.4. The summed E-state index contributed by atoms with van der Waals surface area (Å²) in [5, 5.41) is 10.8. The summed E-state index contributed by atoms with van der Waals surface area (Å²) in [4.78, 5) is 3.63. The lowest BCUT2D eigenvalue weighted by Crippen LogP contribution is -2.24. The van der Waals surface area contributed by atoms with Crippen LogP contribution in [0.1, 0.15) is 29.3 Å². The normalized spacial score (nSPS) is 9.87. The quantitative estimate of drug-likeness (QED) is 0.853. The van der Waals surface area contributed by atoms with Crippen LogP contribution in [-0.4, -0.2) is 29.7 Å². The molecule has 0 aliphatic rings. The Morgan fingerprint density at radius 1 is 1.09 bits per heavy atom. The van der Waals surface area contributed by atoms with E-state index >= 15 is 0 Å². The number of nitrogens with zero attached hydrogens (tertiary/aromatic N) is 1. The van der Waals surface area contributed by atoms with Gasteiger partial charge in [0.05, 0.1) is 6.54 Å². The molecular formula is C20H21NOS. The first-order valence-corrected chi connectivity index (χ1v) is 8.63. The zero-order valence-corrected chi connectivity index (χ0v) is 14.2. The van der Waals surface area contributed by atoms with Crippen LogP contribution < -0.4 is 0 Å². The van der Waals surface area contributed by atoms with Gasteiger partial charge in [0.15, 0.2) is 0 Å². The largest absolute Gasteiger partial charge is 0.384 e. The Kier molecular flexibility index (Phi) is 7.43. The van der Waals surface area contributed by atoms with Gasteiger partial charge in [0.25, 0.3) is 0 Å². The van der Waals surface area contributed by atoms with Crippen molar-refractivity contribution >= 4 is 11.3 Å². The minimum atomic E-state index is -0.0950. The first-order valence-electron chi connectivity index (χ1n) is 7.75. The molecule has 0 saturated carbocycles. The summed E-state index contributed by atoms with van der Waals surface area (Å²) in [5.74, 6) is 12.1. The summed E-state index contributed by atoms with van der Waals surface area (Å²) in [6.45, 7) is 4.77. The number of benzene rings is 1. The highest BCUT2D eigenvalue weighted by molar-refractivity contribution is 7.10. The molecule has 0 spiro atoms. The van der Waals surface area contributed by atoms with Gasteiger partial charge >= 0.3 is 0 Å². The van der Waals surface area contributed by atoms with Crippen LogP contribution in [0.25, 0.3) is 0 Å². The molecule has 0 amide bonds. The fourth-order valence-corrected chi connectivity index (χ4v) is 3.05. The van der Waals surface area contributed by atoms with Gasteiger partial charge in [0.2, 0.25) is 0 Å². The Morgan fingerprint density at radius 3 is 2.61 bits per heavy atom. The van der Waals surface area contributed by atoms with Gasteiger partial charge in [0.1, 0.15) is 6.61 Å². The first kappa shape index (κ1) is 17.3. The highest BCUT2D eigenvalue weighted by atomic mass is 32.1. The Bertz CT molecular complexity index is 713. The lowest BCUT2D eigenvalue weighted by molar-refractivity contribution is 0.302. The van der Waals surface area contributed by atoms with E-state index in [1.807, 2.05) is 35.7 Å². The second kappa shape index (κ2) is 9.87. The van der Waals surface area contributed by atoms with Crippen molar-refractivity contribution in [2.45, 2.75) is 19.9 Å². The van der Waals surface area contributed by atoms with Crippen LogP contribution in [0.3, 0.4) is 0 Å². The minimum Gasteiger partial charge on any atom is -0.384 e. The monoisotopic (exact) mass is 323 g/mol. The molecule has 0 saturated heterocycles. The summed E-state index contributed by atoms with van der Waals surface area (Å²) in [6.07, 6.45) is 1.11. The molecule has 0 bridgehead atoms. The topological polar surface area (TPSA) is 23.5 Å². The Hall–Kier alpha value is -2.04. The minimum absolute atomic E-state index is 0.0950. The zero-order chi connectivity index (χ0) is 16.3. The van der Waals surface area contributed by atoms with Gasteiger partial charge in [-0.25, -0.2) is 0 Å². The number of hydrogen-bond donors (Lipinski definition) is 1. The van der Waals surface area contributed by atoms with Crippen molar-refractivity contribution < 1.29 is 5.11 Å². The third-order valence-corrected chi connectivity index (χ3v) is 4.12. The van der Waals surface area contributed by atoms with E-state index < -0.39 is 0 Å². The van der Waals surface area contributed by atoms with Crippen LogP contribution in [0.15, 0.2) is 41.8 Å². The summed E-state index contributed by atoms with van der Waals surface area (Å²) >= 11 is 1.71. The van der Waals surface area contributed by atoms with Crippen molar-refractivity contribution in [1.82, 2.24) is 4.90 Å². The second-order valence-corrected chi connectivity index (χ2v) is 6.14. The number of rotatable bonds is 5. The molecule has 3 heteroatoms. The van der Waals surface area contributed by atoms with Crippen LogP contribution in [0.4, 0.5) is 0 Å². The molecule has 0 atom stereocenters. The van der Waals surface area contributed by atoms with Crippen molar-refractivity contribution in [1.29, 1.82) is 0 Å². The van der Waals surface area contributed by atoms with E-state index in [-0.39, 0.29) is 6.61 Å². The number of hydrogen-bond acceptors (Lipinski definition) is 3. The van der Waals surface area contributed by atoms with Crippen molar-refractivity contribution in [2.24, 2.45) is 0 Å². The van der Waals surface area contributed by atoms with Gasteiger partial charge < -0.3 is 5.11 Å². The van der Waals surface area contributed by atoms with E-state index in [0.29, 0.717) is 0 Å². The van der Waals surface area contributed by atoms with E-state index in [1.54, 1.807) is 11.3 Å². The van der Waals surface area contributed by atoms with Crippen molar-refractivity contribution in [3.8, 4) is 23.7 Å². The maximum absolute atomic E-state index is 8.75. The Balaban J connectivity index is 1.96. The Morgan fingerprint density at radius 2 is 1.87 bits per heavy atom. The average Bonchev–Trinajstić information content (AvgIpc) is 3.01. The van der Waals surface area contributed by atoms with Gasteiger partial charge in [-0.2, -0.15) is 0 Å². The van der Waals surface area contributed by atoms with E-state index in [9.17, 15) is 0 Å². The van der Waals surface area contributed by atoms with Crippen molar-refractivity contribution in [3.63, 3.8) is 0 Å². The van der Waals surface area contributed by atoms with Crippen LogP contribution in [-0.2, 0) is 6.54 Å². The predicted octanol–water partition coefficient (Wildman–Crippen LogP) is 3.36. The summed E-state index contributed by atoms with van der Waals surface area (Å²) < 4.78 is 0. The number of thiophene rings is 1. The highest BCUT2D eigenvalue weighted by Crippen LogP contribution is 2.16. The molecule has 2 rings (SSSR count). The maximum Gasteiger partial charge on any atom is 0.104 e. The molecule has 1 aromatic carbocycles. The lowest BCUT2D eigenvalue weighted by Gasteiger charge is -2.17. The smallest absolute Gasteiger partial charge is 0.104 e. The third kappa shape index (κ3) is 6.30. The van der Waals surface area contributed by atoms with Crippen LogP contribution in [0.2, 0.25) is 0 Å². The van der Waals surface area contributed by atoms with Crippen LogP contribution >= 0.6 is 11.3 Å². The molecule has 0 unspecified atom stereocenters. The third-order valence-electron chi connectivity index (χ3n) is 3.19. The number of aliphatic hydroxyl groups excluding tert-OH is 1. The fourth-order valence-electron chi connectivity index (χ4n) is 2.20. The standard InChI is InChI=1S/C20H21NOS/c1-2-12-21(13-6-10-18-8-4-3-5-9-18)16-20-15-19(17-23-20)11-7-14-22/h3-5,8-9,15,17,22H,2,12-14,16H2,1H3. The molecule has 2 nitrogen and oxygen atoms in total. The van der Waals surface area contributed by atoms with E-state index in [4.69, 9.17) is 5.11 Å². The molecule has 0 radical (unpaired) electrons. The fraction of sp³-hybridized carbons (Fsp3) is 0.300. The number of aliphatic hydroxyl groups is 1. The van der Waals surface area contributed by atoms with Gasteiger partial charge in [-0.15, -0.1) is 11.3 Å². The van der Waals surface area contributed by atoms with Gasteiger partial charge in [-0.3, -0.25) is 4.90 Å². The van der Waals surface area contributed by atoms with E-state index in [0.717, 1.165) is 37.2 Å². The maximum atomic E-state index is 8.75. The molecule has 0 aliphatic carbocycles. The van der Waals surface area contributed by atoms with Crippen molar-refractivity contribution in [2.75, 3.05) is 19.7 Å². The molecule has 0 aliphatic heterocycles. The second-order valence-electron chi connectivity index (χ2n) is 5.14. The Labute approximate surface area is 142 Å². The first-order chi connectivity index (χ1) is 11.3. The molecule has 0 fully saturated rings. The molecule has 2 aromatic rings. The van der Waals surface area contributed by atoms with Crippen LogP contribution in [0, 0.1) is 23.7 Å². The molecule has 1 N–H and O–H groups in total. The average molecular weight is 323 g/mol. The molecule has 23 heavy (non-hydrogen) atoms. The van der Waals surface area contributed by atoms with E-state index in [2.05, 4.69) is 41.6 Å². The summed E-state index contributed by atoms with van der Waals surface area (Å²) in [5.41, 5.74) is 2.03. The van der Waals surface area contributed by atoms with Crippen LogP contribution in [0.5, 0.6) is 0 Å². The lowest BCUT2D eigenvalue weighted by atomic mass is 10.2. The highest BCUT2D eigenvalue weighted by Gasteiger charge is 2.05. The molecular weight excluding hydrogens is 302 g/mol. The van der Waals surface area contributed by atoms with Gasteiger partial charge in [0, 0.05) is 27.9 Å². The van der Waals surface area contributed by atoms with Crippen molar-refractivity contribution in [3.05, 3.63) is 57.8 Å². The van der Waals surface area contributed by atoms with E-state index in [1.165, 1.54) is 4.88 Å². The molecule has 1 aromatic heterocycles. The van der Waals surface area contributed by atoms with Gasteiger partial charge in [-0.1, -0.05) is 48.8 Å². The SMILES string of the molecule is CCCN(CC#Cc1ccccc1)Cc1cc(C#CCO)cs1. The predicted molar refractivity (Wildman–Crippen MR) is 97.2 cm³/mol. The summed E-state index contributed by atoms with van der Waals surface area (Å²) in [6, 6.07) is 12.2. The molecule has 1 heterocycles. The summed E-state index contributed by atoms with van der Waals surface area (Å²) in [7, 11) is 0. The van der Waals surface area contributed by atoms with Gasteiger partial charge in [-0.05, 0) is 31.2 Å².